The molecule has 24 heavy (non-hydrogen) atoms. The number of hydrogen-bond donors (Lipinski definition) is 1. The normalized spacial score (nSPS) is 18.2. The molecule has 1 aliphatic heterocycles. The van der Waals surface area contributed by atoms with Gasteiger partial charge in [0.1, 0.15) is 0 Å². The Kier molecular flexibility index (Phi) is 7.47. The minimum atomic E-state index is 0.147. The Morgan fingerprint density at radius 3 is 2.33 bits per heavy atom. The molecule has 0 aliphatic carbocycles. The second-order valence-electron chi connectivity index (χ2n) is 6.99. The summed E-state index contributed by atoms with van der Waals surface area (Å²) >= 11 is 0. The van der Waals surface area contributed by atoms with Gasteiger partial charge in [-0.25, -0.2) is 0 Å². The van der Waals surface area contributed by atoms with Gasteiger partial charge in [-0.3, -0.25) is 14.6 Å². The molecule has 1 unspecified atom stereocenters. The van der Waals surface area contributed by atoms with Crippen molar-refractivity contribution < 1.29 is 4.79 Å². The zero-order valence-electron chi connectivity index (χ0n) is 15.2. The van der Waals surface area contributed by atoms with Gasteiger partial charge in [-0.05, 0) is 18.4 Å². The van der Waals surface area contributed by atoms with Crippen molar-refractivity contribution in [3.8, 4) is 0 Å². The maximum absolute atomic E-state index is 12.1. The number of rotatable bonds is 7. The molecular weight excluding hydrogens is 298 g/mol. The van der Waals surface area contributed by atoms with E-state index < -0.39 is 0 Å². The third kappa shape index (κ3) is 6.46. The SMILES string of the molecule is CC(C)C(C)NC(=O)CN1CCN(CC=Cc2ccccc2)CC1. The van der Waals surface area contributed by atoms with Gasteiger partial charge in [0.2, 0.25) is 5.91 Å². The third-order valence-electron chi connectivity index (χ3n) is 4.69. The summed E-state index contributed by atoms with van der Waals surface area (Å²) in [6.45, 7) is 11.8. The maximum atomic E-state index is 12.1. The molecule has 0 saturated carbocycles. The van der Waals surface area contributed by atoms with E-state index in [0.29, 0.717) is 12.5 Å². The first-order chi connectivity index (χ1) is 11.5. The largest absolute Gasteiger partial charge is 0.352 e. The van der Waals surface area contributed by atoms with Gasteiger partial charge in [0.15, 0.2) is 0 Å². The van der Waals surface area contributed by atoms with Crippen molar-refractivity contribution in [2.75, 3.05) is 39.3 Å². The van der Waals surface area contributed by atoms with Crippen LogP contribution in [-0.2, 0) is 4.79 Å². The minimum Gasteiger partial charge on any atom is -0.352 e. The summed E-state index contributed by atoms with van der Waals surface area (Å²) in [5.41, 5.74) is 1.24. The zero-order chi connectivity index (χ0) is 17.4. The lowest BCUT2D eigenvalue weighted by Gasteiger charge is -2.34. The van der Waals surface area contributed by atoms with Gasteiger partial charge in [-0.15, -0.1) is 0 Å². The fourth-order valence-electron chi connectivity index (χ4n) is 2.70. The molecule has 1 aliphatic rings. The van der Waals surface area contributed by atoms with Crippen LogP contribution in [0.1, 0.15) is 26.3 Å². The smallest absolute Gasteiger partial charge is 0.234 e. The first-order valence-electron chi connectivity index (χ1n) is 9.00. The molecular formula is C20H31N3O. The van der Waals surface area contributed by atoms with Crippen LogP contribution in [0.4, 0.5) is 0 Å². The van der Waals surface area contributed by atoms with E-state index in [2.05, 4.69) is 72.3 Å². The van der Waals surface area contributed by atoms with E-state index in [1.807, 2.05) is 6.07 Å². The number of carbonyl (C=O) groups is 1. The number of carbonyl (C=O) groups excluding carboxylic acids is 1. The zero-order valence-corrected chi connectivity index (χ0v) is 15.2. The van der Waals surface area contributed by atoms with Gasteiger partial charge in [0.25, 0.3) is 0 Å². The quantitative estimate of drug-likeness (QED) is 0.835. The van der Waals surface area contributed by atoms with Crippen molar-refractivity contribution in [3.05, 3.63) is 42.0 Å². The van der Waals surface area contributed by atoms with Crippen molar-refractivity contribution in [1.29, 1.82) is 0 Å². The lowest BCUT2D eigenvalue weighted by Crippen LogP contribution is -2.50. The summed E-state index contributed by atoms with van der Waals surface area (Å²) in [6.07, 6.45) is 4.40. The number of nitrogens with zero attached hydrogens (tertiary/aromatic N) is 2. The Balaban J connectivity index is 1.66. The third-order valence-corrected chi connectivity index (χ3v) is 4.69. The monoisotopic (exact) mass is 329 g/mol. The van der Waals surface area contributed by atoms with E-state index in [4.69, 9.17) is 0 Å². The summed E-state index contributed by atoms with van der Waals surface area (Å²) in [7, 11) is 0. The molecule has 0 spiro atoms. The average Bonchev–Trinajstić information content (AvgIpc) is 2.57. The Labute approximate surface area is 146 Å². The van der Waals surface area contributed by atoms with Crippen LogP contribution in [-0.4, -0.2) is 61.0 Å². The molecule has 1 heterocycles. The number of piperazine rings is 1. The highest BCUT2D eigenvalue weighted by atomic mass is 16.2. The molecule has 4 heteroatoms. The van der Waals surface area contributed by atoms with Crippen LogP contribution >= 0.6 is 0 Å². The highest BCUT2D eigenvalue weighted by molar-refractivity contribution is 5.78. The fourth-order valence-corrected chi connectivity index (χ4v) is 2.70. The summed E-state index contributed by atoms with van der Waals surface area (Å²) in [4.78, 5) is 16.7. The predicted molar refractivity (Wildman–Crippen MR) is 101 cm³/mol. The highest BCUT2D eigenvalue weighted by Gasteiger charge is 2.19. The van der Waals surface area contributed by atoms with Gasteiger partial charge in [0, 0.05) is 38.8 Å². The molecule has 1 aromatic rings. The summed E-state index contributed by atoms with van der Waals surface area (Å²) in [6, 6.07) is 10.6. The summed E-state index contributed by atoms with van der Waals surface area (Å²) in [5.74, 6) is 0.621. The van der Waals surface area contributed by atoms with E-state index >= 15 is 0 Å². The molecule has 1 aromatic carbocycles. The molecule has 1 N–H and O–H groups in total. The number of benzene rings is 1. The standard InChI is InChI=1S/C20H31N3O/c1-17(2)18(3)21-20(24)16-23-14-12-22(13-15-23)11-7-10-19-8-5-4-6-9-19/h4-10,17-18H,11-16H2,1-3H3,(H,21,24). The molecule has 4 nitrogen and oxygen atoms in total. The van der Waals surface area contributed by atoms with Gasteiger partial charge in [-0.1, -0.05) is 56.3 Å². The van der Waals surface area contributed by atoms with E-state index in [9.17, 15) is 4.79 Å². The Hall–Kier alpha value is -1.65. The second-order valence-corrected chi connectivity index (χ2v) is 6.99. The van der Waals surface area contributed by atoms with Crippen LogP contribution in [0.5, 0.6) is 0 Å². The maximum Gasteiger partial charge on any atom is 0.234 e. The Morgan fingerprint density at radius 2 is 1.71 bits per heavy atom. The van der Waals surface area contributed by atoms with Crippen LogP contribution in [0, 0.1) is 5.92 Å². The molecule has 0 bridgehead atoms. The van der Waals surface area contributed by atoms with Crippen molar-refractivity contribution >= 4 is 12.0 Å². The average molecular weight is 329 g/mol. The molecule has 1 amide bonds. The van der Waals surface area contributed by atoms with E-state index in [1.165, 1.54) is 5.56 Å². The van der Waals surface area contributed by atoms with Crippen LogP contribution in [0.15, 0.2) is 36.4 Å². The fraction of sp³-hybridized carbons (Fsp3) is 0.550. The van der Waals surface area contributed by atoms with Crippen molar-refractivity contribution in [1.82, 2.24) is 15.1 Å². The molecule has 1 atom stereocenters. The topological polar surface area (TPSA) is 35.6 Å². The first-order valence-corrected chi connectivity index (χ1v) is 9.00. The number of nitrogens with one attached hydrogen (secondary N) is 1. The molecule has 0 radical (unpaired) electrons. The molecule has 132 valence electrons. The minimum absolute atomic E-state index is 0.147. The van der Waals surface area contributed by atoms with E-state index in [1.54, 1.807) is 0 Å². The second kappa shape index (κ2) is 9.60. The van der Waals surface area contributed by atoms with E-state index in [0.717, 1.165) is 32.7 Å². The Morgan fingerprint density at radius 1 is 1.08 bits per heavy atom. The lowest BCUT2D eigenvalue weighted by molar-refractivity contribution is -0.123. The van der Waals surface area contributed by atoms with Crippen LogP contribution in [0.3, 0.4) is 0 Å². The molecule has 1 fully saturated rings. The van der Waals surface area contributed by atoms with Crippen LogP contribution in [0.2, 0.25) is 0 Å². The van der Waals surface area contributed by atoms with Crippen LogP contribution in [0.25, 0.3) is 6.08 Å². The van der Waals surface area contributed by atoms with Gasteiger partial charge >= 0.3 is 0 Å². The summed E-state index contributed by atoms with van der Waals surface area (Å²) in [5, 5.41) is 3.08. The number of amides is 1. The molecule has 0 aromatic heterocycles. The van der Waals surface area contributed by atoms with Gasteiger partial charge < -0.3 is 5.32 Å². The van der Waals surface area contributed by atoms with Crippen molar-refractivity contribution in [2.45, 2.75) is 26.8 Å². The first kappa shape index (κ1) is 18.7. The van der Waals surface area contributed by atoms with Gasteiger partial charge in [0.05, 0.1) is 6.54 Å². The summed E-state index contributed by atoms with van der Waals surface area (Å²) < 4.78 is 0. The molecule has 2 rings (SSSR count). The number of hydrogen-bond acceptors (Lipinski definition) is 3. The predicted octanol–water partition coefficient (Wildman–Crippen LogP) is 2.48. The van der Waals surface area contributed by atoms with Crippen molar-refractivity contribution in [3.63, 3.8) is 0 Å². The van der Waals surface area contributed by atoms with Crippen LogP contribution < -0.4 is 5.32 Å². The van der Waals surface area contributed by atoms with E-state index in [-0.39, 0.29) is 11.9 Å². The Bertz CT molecular complexity index is 519. The highest BCUT2D eigenvalue weighted by Crippen LogP contribution is 2.05. The molecule has 1 saturated heterocycles. The lowest BCUT2D eigenvalue weighted by atomic mass is 10.1. The van der Waals surface area contributed by atoms with Gasteiger partial charge in [-0.2, -0.15) is 0 Å². The van der Waals surface area contributed by atoms with Crippen molar-refractivity contribution in [2.24, 2.45) is 5.92 Å².